The van der Waals surface area contributed by atoms with Crippen LogP contribution < -0.4 is 10.2 Å². The summed E-state index contributed by atoms with van der Waals surface area (Å²) in [7, 11) is 1.70. The van der Waals surface area contributed by atoms with Gasteiger partial charge >= 0.3 is 0 Å². The molecule has 0 saturated heterocycles. The molecule has 0 bridgehead atoms. The molecule has 0 unspecified atom stereocenters. The number of amides is 1. The van der Waals surface area contributed by atoms with Gasteiger partial charge in [0.25, 0.3) is 0 Å². The standard InChI is InChI=1S/C13H19FN2O/c1-10(2)15-9-8-13(17)16(3)12-6-4-11(14)5-7-12/h4-7,10,15H,8-9H2,1-3H3. The predicted octanol–water partition coefficient (Wildman–Crippen LogP) is 2.18. The van der Waals surface area contributed by atoms with Crippen molar-refractivity contribution in [3.05, 3.63) is 30.1 Å². The van der Waals surface area contributed by atoms with E-state index < -0.39 is 0 Å². The summed E-state index contributed by atoms with van der Waals surface area (Å²) in [5.74, 6) is -0.277. The average molecular weight is 238 g/mol. The second-order valence-electron chi connectivity index (χ2n) is 4.29. The SMILES string of the molecule is CC(C)NCCC(=O)N(C)c1ccc(F)cc1. The van der Waals surface area contributed by atoms with E-state index in [1.54, 1.807) is 24.1 Å². The zero-order valence-corrected chi connectivity index (χ0v) is 10.5. The number of anilines is 1. The number of nitrogens with one attached hydrogen (secondary N) is 1. The Morgan fingerprint density at radius 1 is 1.35 bits per heavy atom. The van der Waals surface area contributed by atoms with Crippen molar-refractivity contribution in [2.24, 2.45) is 0 Å². The number of hydrogen-bond acceptors (Lipinski definition) is 2. The van der Waals surface area contributed by atoms with E-state index in [9.17, 15) is 9.18 Å². The van der Waals surface area contributed by atoms with E-state index in [-0.39, 0.29) is 11.7 Å². The second kappa shape index (κ2) is 6.35. The molecule has 0 aliphatic carbocycles. The van der Waals surface area contributed by atoms with Crippen LogP contribution in [0, 0.1) is 5.82 Å². The molecule has 94 valence electrons. The van der Waals surface area contributed by atoms with Gasteiger partial charge in [-0.15, -0.1) is 0 Å². The molecule has 0 aliphatic heterocycles. The van der Waals surface area contributed by atoms with Gasteiger partial charge in [0.1, 0.15) is 5.82 Å². The van der Waals surface area contributed by atoms with Crippen LogP contribution in [-0.2, 0) is 4.79 Å². The quantitative estimate of drug-likeness (QED) is 0.852. The van der Waals surface area contributed by atoms with Crippen molar-refractivity contribution in [1.29, 1.82) is 0 Å². The van der Waals surface area contributed by atoms with Gasteiger partial charge in [-0.1, -0.05) is 13.8 Å². The summed E-state index contributed by atoms with van der Waals surface area (Å²) in [4.78, 5) is 13.3. The number of benzene rings is 1. The van der Waals surface area contributed by atoms with Crippen molar-refractivity contribution < 1.29 is 9.18 Å². The Morgan fingerprint density at radius 2 is 1.94 bits per heavy atom. The largest absolute Gasteiger partial charge is 0.315 e. The van der Waals surface area contributed by atoms with E-state index >= 15 is 0 Å². The van der Waals surface area contributed by atoms with Crippen LogP contribution in [0.1, 0.15) is 20.3 Å². The number of rotatable bonds is 5. The Bertz CT molecular complexity index is 362. The normalized spacial score (nSPS) is 10.6. The van der Waals surface area contributed by atoms with Crippen LogP contribution in [-0.4, -0.2) is 25.5 Å². The lowest BCUT2D eigenvalue weighted by molar-refractivity contribution is -0.118. The maximum atomic E-state index is 12.7. The zero-order valence-electron chi connectivity index (χ0n) is 10.5. The van der Waals surface area contributed by atoms with E-state index in [4.69, 9.17) is 0 Å². The van der Waals surface area contributed by atoms with Crippen LogP contribution in [0.2, 0.25) is 0 Å². The molecule has 0 spiro atoms. The average Bonchev–Trinajstić information content (AvgIpc) is 2.28. The highest BCUT2D eigenvalue weighted by Gasteiger charge is 2.10. The lowest BCUT2D eigenvalue weighted by Gasteiger charge is -2.18. The third-order valence-corrected chi connectivity index (χ3v) is 2.48. The summed E-state index contributed by atoms with van der Waals surface area (Å²) >= 11 is 0. The van der Waals surface area contributed by atoms with Gasteiger partial charge in [-0.05, 0) is 24.3 Å². The Morgan fingerprint density at radius 3 is 2.47 bits per heavy atom. The predicted molar refractivity (Wildman–Crippen MR) is 67.6 cm³/mol. The molecule has 3 nitrogen and oxygen atoms in total. The van der Waals surface area contributed by atoms with Gasteiger partial charge < -0.3 is 10.2 Å². The number of hydrogen-bond donors (Lipinski definition) is 1. The molecule has 1 amide bonds. The fraction of sp³-hybridized carbons (Fsp3) is 0.462. The second-order valence-corrected chi connectivity index (χ2v) is 4.29. The summed E-state index contributed by atoms with van der Waals surface area (Å²) in [6.45, 7) is 4.73. The zero-order chi connectivity index (χ0) is 12.8. The molecule has 0 radical (unpaired) electrons. The third kappa shape index (κ3) is 4.53. The molecule has 0 heterocycles. The van der Waals surface area contributed by atoms with Crippen molar-refractivity contribution in [3.8, 4) is 0 Å². The molecule has 1 N–H and O–H groups in total. The van der Waals surface area contributed by atoms with Crippen LogP contribution in [0.3, 0.4) is 0 Å². The molecule has 1 rings (SSSR count). The summed E-state index contributed by atoms with van der Waals surface area (Å²) in [6.07, 6.45) is 0.437. The van der Waals surface area contributed by atoms with Crippen molar-refractivity contribution in [2.45, 2.75) is 26.3 Å². The van der Waals surface area contributed by atoms with Crippen molar-refractivity contribution >= 4 is 11.6 Å². The minimum atomic E-state index is -0.295. The molecule has 17 heavy (non-hydrogen) atoms. The smallest absolute Gasteiger partial charge is 0.227 e. The van der Waals surface area contributed by atoms with E-state index in [0.717, 1.165) is 0 Å². The molecule has 1 aromatic carbocycles. The van der Waals surface area contributed by atoms with Gasteiger partial charge in [0.15, 0.2) is 0 Å². The first-order valence-electron chi connectivity index (χ1n) is 5.76. The molecule has 1 aromatic rings. The van der Waals surface area contributed by atoms with E-state index in [1.165, 1.54) is 12.1 Å². The van der Waals surface area contributed by atoms with Crippen LogP contribution >= 0.6 is 0 Å². The maximum Gasteiger partial charge on any atom is 0.227 e. The first-order chi connectivity index (χ1) is 8.00. The monoisotopic (exact) mass is 238 g/mol. The molecule has 0 saturated carbocycles. The summed E-state index contributed by atoms with van der Waals surface area (Å²) in [6, 6.07) is 6.28. The molecule has 0 atom stereocenters. The highest BCUT2D eigenvalue weighted by molar-refractivity contribution is 5.92. The number of carbonyl (C=O) groups is 1. The number of nitrogens with zero attached hydrogens (tertiary/aromatic N) is 1. The van der Waals surface area contributed by atoms with E-state index in [0.29, 0.717) is 24.7 Å². The Kier molecular flexibility index (Phi) is 5.10. The molecule has 0 aliphatic rings. The van der Waals surface area contributed by atoms with Crippen LogP contribution in [0.15, 0.2) is 24.3 Å². The fourth-order valence-electron chi connectivity index (χ4n) is 1.44. The minimum Gasteiger partial charge on any atom is -0.315 e. The minimum absolute atomic E-state index is 0.0183. The number of halogens is 1. The van der Waals surface area contributed by atoms with Crippen molar-refractivity contribution in [2.75, 3.05) is 18.5 Å². The maximum absolute atomic E-state index is 12.7. The molecule has 0 aromatic heterocycles. The van der Waals surface area contributed by atoms with Gasteiger partial charge in [0.2, 0.25) is 5.91 Å². The highest BCUT2D eigenvalue weighted by Crippen LogP contribution is 2.13. The molecule has 0 fully saturated rings. The lowest BCUT2D eigenvalue weighted by atomic mass is 10.2. The fourth-order valence-corrected chi connectivity index (χ4v) is 1.44. The highest BCUT2D eigenvalue weighted by atomic mass is 19.1. The van der Waals surface area contributed by atoms with E-state index in [2.05, 4.69) is 5.32 Å². The molecule has 4 heteroatoms. The van der Waals surface area contributed by atoms with Gasteiger partial charge in [-0.25, -0.2) is 4.39 Å². The van der Waals surface area contributed by atoms with Crippen molar-refractivity contribution in [1.82, 2.24) is 5.32 Å². The lowest BCUT2D eigenvalue weighted by Crippen LogP contribution is -2.31. The third-order valence-electron chi connectivity index (χ3n) is 2.48. The summed E-state index contributed by atoms with van der Waals surface area (Å²) in [5.41, 5.74) is 0.709. The topological polar surface area (TPSA) is 32.3 Å². The summed E-state index contributed by atoms with van der Waals surface area (Å²) < 4.78 is 12.7. The van der Waals surface area contributed by atoms with Gasteiger partial charge in [0, 0.05) is 31.7 Å². The Labute approximate surface area is 102 Å². The van der Waals surface area contributed by atoms with Gasteiger partial charge in [-0.3, -0.25) is 4.79 Å². The van der Waals surface area contributed by atoms with Gasteiger partial charge in [-0.2, -0.15) is 0 Å². The van der Waals surface area contributed by atoms with Crippen LogP contribution in [0.5, 0.6) is 0 Å². The first-order valence-corrected chi connectivity index (χ1v) is 5.76. The van der Waals surface area contributed by atoms with E-state index in [1.807, 2.05) is 13.8 Å². The van der Waals surface area contributed by atoms with Crippen LogP contribution in [0.4, 0.5) is 10.1 Å². The molecular formula is C13H19FN2O. The number of carbonyl (C=O) groups excluding carboxylic acids is 1. The van der Waals surface area contributed by atoms with Gasteiger partial charge in [0.05, 0.1) is 0 Å². The summed E-state index contributed by atoms with van der Waals surface area (Å²) in [5, 5.41) is 3.18. The Hall–Kier alpha value is -1.42. The Balaban J connectivity index is 2.49. The molecular weight excluding hydrogens is 219 g/mol. The van der Waals surface area contributed by atoms with Crippen LogP contribution in [0.25, 0.3) is 0 Å². The van der Waals surface area contributed by atoms with Crippen molar-refractivity contribution in [3.63, 3.8) is 0 Å². The first kappa shape index (κ1) is 13.6.